The molecule has 0 saturated heterocycles. The minimum Gasteiger partial charge on any atom is -0.503 e. The highest BCUT2D eigenvalue weighted by Gasteiger charge is 2.10. The second-order valence-electron chi connectivity index (χ2n) is 5.19. The van der Waals surface area contributed by atoms with Crippen molar-refractivity contribution in [2.24, 2.45) is 0 Å². The van der Waals surface area contributed by atoms with Crippen LogP contribution in [0.2, 0.25) is 0 Å². The molecule has 0 saturated carbocycles. The molecule has 1 aromatic carbocycles. The average Bonchev–Trinajstić information content (AvgIpc) is 2.86. The Bertz CT molecular complexity index is 993. The van der Waals surface area contributed by atoms with Crippen LogP contribution < -0.4 is 5.43 Å². The molecule has 3 heterocycles. The standard InChI is InChI=1S/C17H13N3O2/c21-16-6-8-19(10-17(16)22)11-20-14-4-2-1-3-12(14)13-5-7-18-9-15(13)20/h1-10,22H,11H2. The third-order valence-electron chi connectivity index (χ3n) is 3.84. The van der Waals surface area contributed by atoms with Gasteiger partial charge in [-0.05, 0) is 12.1 Å². The summed E-state index contributed by atoms with van der Waals surface area (Å²) >= 11 is 0. The Labute approximate surface area is 125 Å². The van der Waals surface area contributed by atoms with Gasteiger partial charge in [-0.1, -0.05) is 18.2 Å². The monoisotopic (exact) mass is 291 g/mol. The molecule has 5 nitrogen and oxygen atoms in total. The molecule has 108 valence electrons. The predicted octanol–water partition coefficient (Wildman–Crippen LogP) is 2.56. The molecule has 0 aliphatic heterocycles. The van der Waals surface area contributed by atoms with E-state index in [0.717, 1.165) is 21.8 Å². The minimum atomic E-state index is -0.375. The molecule has 0 radical (unpaired) electrons. The van der Waals surface area contributed by atoms with Crippen molar-refractivity contribution in [2.75, 3.05) is 0 Å². The first kappa shape index (κ1) is 12.6. The van der Waals surface area contributed by atoms with Crippen LogP contribution >= 0.6 is 0 Å². The highest BCUT2D eigenvalue weighted by atomic mass is 16.3. The number of nitrogens with zero attached hydrogens (tertiary/aromatic N) is 3. The molecule has 0 aliphatic rings. The van der Waals surface area contributed by atoms with Crippen LogP contribution in [0.4, 0.5) is 0 Å². The van der Waals surface area contributed by atoms with Gasteiger partial charge >= 0.3 is 0 Å². The number of aromatic hydroxyl groups is 1. The van der Waals surface area contributed by atoms with E-state index in [0.29, 0.717) is 6.67 Å². The van der Waals surface area contributed by atoms with Crippen molar-refractivity contribution in [3.05, 3.63) is 71.4 Å². The first-order chi connectivity index (χ1) is 10.7. The van der Waals surface area contributed by atoms with Crippen molar-refractivity contribution in [1.82, 2.24) is 14.1 Å². The van der Waals surface area contributed by atoms with E-state index in [-0.39, 0.29) is 11.2 Å². The fourth-order valence-electron chi connectivity index (χ4n) is 2.81. The summed E-state index contributed by atoms with van der Waals surface area (Å²) in [6.45, 7) is 0.490. The first-order valence-electron chi connectivity index (χ1n) is 6.94. The lowest BCUT2D eigenvalue weighted by atomic mass is 10.2. The van der Waals surface area contributed by atoms with Crippen LogP contribution in [0.5, 0.6) is 5.75 Å². The summed E-state index contributed by atoms with van der Waals surface area (Å²) in [7, 11) is 0. The lowest BCUT2D eigenvalue weighted by Crippen LogP contribution is -2.10. The van der Waals surface area contributed by atoms with Gasteiger partial charge in [0.15, 0.2) is 5.75 Å². The van der Waals surface area contributed by atoms with E-state index in [1.807, 2.05) is 24.4 Å². The Kier molecular flexibility index (Phi) is 2.72. The summed E-state index contributed by atoms with van der Waals surface area (Å²) < 4.78 is 3.89. The summed E-state index contributed by atoms with van der Waals surface area (Å²) in [6.07, 6.45) is 6.72. The van der Waals surface area contributed by atoms with E-state index in [2.05, 4.69) is 21.7 Å². The van der Waals surface area contributed by atoms with E-state index in [1.54, 1.807) is 17.0 Å². The zero-order valence-electron chi connectivity index (χ0n) is 11.7. The molecule has 0 fully saturated rings. The third-order valence-corrected chi connectivity index (χ3v) is 3.84. The van der Waals surface area contributed by atoms with E-state index < -0.39 is 0 Å². The Morgan fingerprint density at radius 3 is 2.73 bits per heavy atom. The molecule has 5 heteroatoms. The molecular weight excluding hydrogens is 278 g/mol. The largest absolute Gasteiger partial charge is 0.503 e. The number of para-hydroxylation sites is 1. The molecule has 0 bridgehead atoms. The predicted molar refractivity (Wildman–Crippen MR) is 85.0 cm³/mol. The second-order valence-corrected chi connectivity index (χ2v) is 5.19. The van der Waals surface area contributed by atoms with Crippen molar-refractivity contribution in [1.29, 1.82) is 0 Å². The highest BCUT2D eigenvalue weighted by Crippen LogP contribution is 2.28. The van der Waals surface area contributed by atoms with Gasteiger partial charge in [-0.2, -0.15) is 0 Å². The first-order valence-corrected chi connectivity index (χ1v) is 6.94. The molecule has 4 aromatic rings. The summed E-state index contributed by atoms with van der Waals surface area (Å²) in [5.74, 6) is -0.249. The normalized spacial score (nSPS) is 11.3. The van der Waals surface area contributed by atoms with Crippen LogP contribution in [0.3, 0.4) is 0 Å². The molecule has 0 amide bonds. The van der Waals surface area contributed by atoms with Crippen LogP contribution in [0.25, 0.3) is 21.8 Å². The lowest BCUT2D eigenvalue weighted by Gasteiger charge is -2.10. The highest BCUT2D eigenvalue weighted by molar-refractivity contribution is 6.07. The summed E-state index contributed by atoms with van der Waals surface area (Å²) in [6, 6.07) is 11.5. The molecule has 0 spiro atoms. The number of hydrogen-bond acceptors (Lipinski definition) is 3. The maximum atomic E-state index is 11.3. The zero-order valence-corrected chi connectivity index (χ0v) is 11.7. The van der Waals surface area contributed by atoms with Gasteiger partial charge in [0.2, 0.25) is 5.43 Å². The van der Waals surface area contributed by atoms with Crippen LogP contribution in [0.15, 0.2) is 66.0 Å². The number of pyridine rings is 2. The van der Waals surface area contributed by atoms with Crippen molar-refractivity contribution >= 4 is 21.8 Å². The van der Waals surface area contributed by atoms with Gasteiger partial charge in [-0.25, -0.2) is 0 Å². The number of benzene rings is 1. The number of aromatic nitrogens is 3. The molecule has 0 atom stereocenters. The van der Waals surface area contributed by atoms with E-state index >= 15 is 0 Å². The molecule has 3 aromatic heterocycles. The molecule has 0 unspecified atom stereocenters. The Balaban J connectivity index is 1.96. The Hall–Kier alpha value is -3.08. The maximum Gasteiger partial charge on any atom is 0.223 e. The van der Waals surface area contributed by atoms with Gasteiger partial charge in [0.05, 0.1) is 30.1 Å². The van der Waals surface area contributed by atoms with E-state index in [4.69, 9.17) is 0 Å². The molecule has 0 aliphatic carbocycles. The van der Waals surface area contributed by atoms with Crippen molar-refractivity contribution in [2.45, 2.75) is 6.67 Å². The quantitative estimate of drug-likeness (QED) is 0.617. The van der Waals surface area contributed by atoms with Crippen LogP contribution in [0, 0.1) is 0 Å². The van der Waals surface area contributed by atoms with Crippen LogP contribution in [-0.4, -0.2) is 19.2 Å². The Morgan fingerprint density at radius 2 is 1.86 bits per heavy atom. The number of hydrogen-bond donors (Lipinski definition) is 1. The van der Waals surface area contributed by atoms with Gasteiger partial charge in [-0.15, -0.1) is 0 Å². The van der Waals surface area contributed by atoms with Crippen molar-refractivity contribution in [3.63, 3.8) is 0 Å². The maximum absolute atomic E-state index is 11.3. The zero-order chi connectivity index (χ0) is 15.1. The third kappa shape index (κ3) is 1.87. The second kappa shape index (κ2) is 4.73. The van der Waals surface area contributed by atoms with Crippen LogP contribution in [0.1, 0.15) is 0 Å². The van der Waals surface area contributed by atoms with E-state index in [9.17, 15) is 9.90 Å². The Morgan fingerprint density at radius 1 is 1.05 bits per heavy atom. The summed E-state index contributed by atoms with van der Waals surface area (Å²) in [4.78, 5) is 15.5. The SMILES string of the molecule is O=c1ccn(Cn2c3ccccc3c3ccncc32)cc1O. The van der Waals surface area contributed by atoms with Gasteiger partial charge in [0.25, 0.3) is 0 Å². The molecule has 22 heavy (non-hydrogen) atoms. The van der Waals surface area contributed by atoms with Crippen LogP contribution in [-0.2, 0) is 6.67 Å². The topological polar surface area (TPSA) is 60.0 Å². The average molecular weight is 291 g/mol. The molecule has 1 N–H and O–H groups in total. The van der Waals surface area contributed by atoms with Crippen molar-refractivity contribution < 1.29 is 5.11 Å². The summed E-state index contributed by atoms with van der Waals surface area (Å²) in [5, 5.41) is 11.9. The van der Waals surface area contributed by atoms with Gasteiger partial charge in [0.1, 0.15) is 0 Å². The summed E-state index contributed by atoms with van der Waals surface area (Å²) in [5.41, 5.74) is 1.73. The smallest absolute Gasteiger partial charge is 0.223 e. The van der Waals surface area contributed by atoms with E-state index in [1.165, 1.54) is 12.3 Å². The fraction of sp³-hybridized carbons (Fsp3) is 0.0588. The minimum absolute atomic E-state index is 0.249. The van der Waals surface area contributed by atoms with Crippen molar-refractivity contribution in [3.8, 4) is 5.75 Å². The van der Waals surface area contributed by atoms with Gasteiger partial charge in [-0.3, -0.25) is 9.78 Å². The van der Waals surface area contributed by atoms with Gasteiger partial charge in [0, 0.05) is 29.2 Å². The number of rotatable bonds is 2. The number of fused-ring (bicyclic) bond motifs is 3. The lowest BCUT2D eigenvalue weighted by molar-refractivity contribution is 0.458. The molecular formula is C17H13N3O2. The fourth-order valence-corrected chi connectivity index (χ4v) is 2.81. The van der Waals surface area contributed by atoms with Gasteiger partial charge < -0.3 is 14.2 Å². The molecule has 4 rings (SSSR count).